The number of aliphatic imine (C=N–C) groups is 1. The second kappa shape index (κ2) is 7.40. The van der Waals surface area contributed by atoms with Crippen molar-refractivity contribution in [1.29, 1.82) is 0 Å². The van der Waals surface area contributed by atoms with Crippen molar-refractivity contribution in [3.8, 4) is 0 Å². The summed E-state index contributed by atoms with van der Waals surface area (Å²) in [5, 5.41) is 3.45. The predicted octanol–water partition coefficient (Wildman–Crippen LogP) is 3.75. The van der Waals surface area contributed by atoms with E-state index >= 15 is 0 Å². The van der Waals surface area contributed by atoms with Gasteiger partial charge in [-0.05, 0) is 31.2 Å². The van der Waals surface area contributed by atoms with E-state index in [1.165, 1.54) is 0 Å². The molecule has 0 fully saturated rings. The fourth-order valence-corrected chi connectivity index (χ4v) is 2.40. The topological polar surface area (TPSA) is 67.5 Å². The molecule has 2 aromatic carbocycles. The largest absolute Gasteiger partial charge is 0.322 e. The summed E-state index contributed by atoms with van der Waals surface area (Å²) in [6, 6.07) is 13.1. The molecule has 5 heteroatoms. The highest BCUT2D eigenvalue weighted by Gasteiger charge is 2.23. The molecule has 3 N–H and O–H groups in total. The molecule has 1 amide bonds. The third-order valence-corrected chi connectivity index (χ3v) is 3.59. The van der Waals surface area contributed by atoms with Gasteiger partial charge in [0.05, 0.1) is 11.4 Å². The first-order chi connectivity index (χ1) is 11.0. The molecular formula is C18H20ClN3O. The normalized spacial score (nSPS) is 16.3. The lowest BCUT2D eigenvalue weighted by molar-refractivity contribution is -0.117. The Bertz CT molecular complexity index is 738. The van der Waals surface area contributed by atoms with Crippen molar-refractivity contribution in [2.24, 2.45) is 10.7 Å². The van der Waals surface area contributed by atoms with Crippen LogP contribution in [0, 0.1) is 6.92 Å². The average Bonchev–Trinajstić information content (AvgIpc) is 2.68. The van der Waals surface area contributed by atoms with Gasteiger partial charge in [-0.1, -0.05) is 49.2 Å². The molecule has 23 heavy (non-hydrogen) atoms. The van der Waals surface area contributed by atoms with Gasteiger partial charge in [0.25, 0.3) is 5.91 Å². The Morgan fingerprint density at radius 1 is 1.13 bits per heavy atom. The third-order valence-electron chi connectivity index (χ3n) is 3.34. The van der Waals surface area contributed by atoms with Crippen molar-refractivity contribution in [2.45, 2.75) is 26.9 Å². The summed E-state index contributed by atoms with van der Waals surface area (Å²) < 4.78 is 0. The van der Waals surface area contributed by atoms with E-state index in [0.29, 0.717) is 16.4 Å². The van der Waals surface area contributed by atoms with Gasteiger partial charge in [-0.2, -0.15) is 0 Å². The molecule has 0 saturated heterocycles. The number of hydrogen-bond acceptors (Lipinski definition) is 3. The molecule has 2 aromatic rings. The summed E-state index contributed by atoms with van der Waals surface area (Å²) in [4.78, 5) is 16.3. The molecule has 1 atom stereocenters. The van der Waals surface area contributed by atoms with Gasteiger partial charge in [0.1, 0.15) is 0 Å². The molecule has 0 spiro atoms. The second-order valence-electron chi connectivity index (χ2n) is 4.97. The number of carbonyl (C=O) groups is 1. The van der Waals surface area contributed by atoms with Gasteiger partial charge >= 0.3 is 0 Å². The minimum atomic E-state index is -0.927. The van der Waals surface area contributed by atoms with Crippen LogP contribution in [0.25, 0.3) is 0 Å². The van der Waals surface area contributed by atoms with Crippen LogP contribution in [-0.4, -0.2) is 17.8 Å². The monoisotopic (exact) mass is 329 g/mol. The number of aryl methyl sites for hydroxylation is 1. The second-order valence-corrected chi connectivity index (χ2v) is 5.40. The number of anilines is 1. The lowest BCUT2D eigenvalue weighted by Gasteiger charge is -2.11. The Balaban J connectivity index is 0.000000924. The summed E-state index contributed by atoms with van der Waals surface area (Å²) in [5.74, 6) is -0.316. The van der Waals surface area contributed by atoms with E-state index in [2.05, 4.69) is 10.3 Å². The van der Waals surface area contributed by atoms with E-state index in [9.17, 15) is 4.79 Å². The van der Waals surface area contributed by atoms with Gasteiger partial charge in [0, 0.05) is 16.1 Å². The first-order valence-corrected chi connectivity index (χ1v) is 7.93. The van der Waals surface area contributed by atoms with E-state index < -0.39 is 6.17 Å². The number of benzene rings is 2. The smallest absolute Gasteiger partial charge is 0.263 e. The van der Waals surface area contributed by atoms with E-state index in [-0.39, 0.29) is 5.91 Å². The summed E-state index contributed by atoms with van der Waals surface area (Å²) in [6.07, 6.45) is -0.927. The van der Waals surface area contributed by atoms with Crippen molar-refractivity contribution in [2.75, 3.05) is 5.32 Å². The zero-order valence-corrected chi connectivity index (χ0v) is 14.2. The van der Waals surface area contributed by atoms with Gasteiger partial charge in [-0.3, -0.25) is 9.79 Å². The van der Waals surface area contributed by atoms with Gasteiger partial charge in [-0.15, -0.1) is 0 Å². The van der Waals surface area contributed by atoms with Crippen LogP contribution in [0.4, 0.5) is 5.69 Å². The van der Waals surface area contributed by atoms with Crippen LogP contribution in [-0.2, 0) is 4.79 Å². The number of nitrogens with two attached hydrogens (primary N) is 1. The maximum atomic E-state index is 11.9. The summed E-state index contributed by atoms with van der Waals surface area (Å²) in [5.41, 5.74) is 10.1. The SMILES string of the molecule is CC.Cc1ccc2c(c1)C(c1ccc(Cl)cc1)=NC(N)C(=O)N2. The number of benzodiazepines with no additional fused rings is 1. The van der Waals surface area contributed by atoms with Gasteiger partial charge in [-0.25, -0.2) is 0 Å². The number of nitrogens with zero attached hydrogens (tertiary/aromatic N) is 1. The molecule has 0 aromatic heterocycles. The number of fused-ring (bicyclic) bond motifs is 1. The summed E-state index contributed by atoms with van der Waals surface area (Å²) in [7, 11) is 0. The average molecular weight is 330 g/mol. The molecule has 0 aliphatic carbocycles. The van der Waals surface area contributed by atoms with Crippen LogP contribution >= 0.6 is 11.6 Å². The molecule has 120 valence electrons. The number of nitrogens with one attached hydrogen (secondary N) is 1. The number of amides is 1. The van der Waals surface area contributed by atoms with Crippen LogP contribution in [0.3, 0.4) is 0 Å². The first-order valence-electron chi connectivity index (χ1n) is 7.56. The quantitative estimate of drug-likeness (QED) is 0.836. The van der Waals surface area contributed by atoms with Crippen LogP contribution < -0.4 is 11.1 Å². The lowest BCUT2D eigenvalue weighted by atomic mass is 9.99. The molecule has 1 aliphatic heterocycles. The van der Waals surface area contributed by atoms with Crippen molar-refractivity contribution in [1.82, 2.24) is 0 Å². The first kappa shape index (κ1) is 17.2. The fraction of sp³-hybridized carbons (Fsp3) is 0.222. The van der Waals surface area contributed by atoms with Crippen molar-refractivity contribution in [3.05, 3.63) is 64.2 Å². The maximum Gasteiger partial charge on any atom is 0.263 e. The summed E-state index contributed by atoms with van der Waals surface area (Å²) in [6.45, 7) is 5.99. The van der Waals surface area contributed by atoms with Gasteiger partial charge in [0.2, 0.25) is 0 Å². The van der Waals surface area contributed by atoms with Crippen molar-refractivity contribution in [3.63, 3.8) is 0 Å². The molecule has 1 aliphatic rings. The van der Waals surface area contributed by atoms with E-state index in [1.54, 1.807) is 12.1 Å². The Morgan fingerprint density at radius 2 is 1.78 bits per heavy atom. The Morgan fingerprint density at radius 3 is 2.43 bits per heavy atom. The highest BCUT2D eigenvalue weighted by atomic mass is 35.5. The number of halogens is 1. The van der Waals surface area contributed by atoms with E-state index in [0.717, 1.165) is 16.7 Å². The molecule has 1 heterocycles. The number of rotatable bonds is 1. The third kappa shape index (κ3) is 3.78. The molecule has 4 nitrogen and oxygen atoms in total. The van der Waals surface area contributed by atoms with E-state index in [1.807, 2.05) is 51.1 Å². The van der Waals surface area contributed by atoms with Crippen LogP contribution in [0.1, 0.15) is 30.5 Å². The number of hydrogen-bond donors (Lipinski definition) is 2. The molecule has 1 unspecified atom stereocenters. The molecular weight excluding hydrogens is 310 g/mol. The lowest BCUT2D eigenvalue weighted by Crippen LogP contribution is -2.33. The molecule has 0 radical (unpaired) electrons. The minimum absolute atomic E-state index is 0.316. The van der Waals surface area contributed by atoms with Crippen molar-refractivity contribution >= 4 is 28.9 Å². The molecule has 0 bridgehead atoms. The van der Waals surface area contributed by atoms with Gasteiger partial charge in [0.15, 0.2) is 6.17 Å². The maximum absolute atomic E-state index is 11.9. The molecule has 0 saturated carbocycles. The number of carbonyl (C=O) groups excluding carboxylic acids is 1. The van der Waals surface area contributed by atoms with Crippen LogP contribution in [0.2, 0.25) is 5.02 Å². The zero-order valence-electron chi connectivity index (χ0n) is 13.4. The van der Waals surface area contributed by atoms with Crippen molar-refractivity contribution < 1.29 is 4.79 Å². The standard InChI is InChI=1S/C16H14ClN3O.C2H6/c1-9-2-7-13-12(8-9)14(20-15(18)16(21)19-13)10-3-5-11(17)6-4-10;1-2/h2-8,15H,18H2,1H3,(H,19,21);1-2H3. The molecule has 3 rings (SSSR count). The zero-order chi connectivity index (χ0) is 17.0. The predicted molar refractivity (Wildman–Crippen MR) is 96.2 cm³/mol. The Labute approximate surface area is 141 Å². The van der Waals surface area contributed by atoms with Crippen LogP contribution in [0.15, 0.2) is 47.5 Å². The van der Waals surface area contributed by atoms with Gasteiger partial charge < -0.3 is 11.1 Å². The Hall–Kier alpha value is -2.17. The highest BCUT2D eigenvalue weighted by molar-refractivity contribution is 6.30. The minimum Gasteiger partial charge on any atom is -0.322 e. The van der Waals surface area contributed by atoms with Crippen LogP contribution in [0.5, 0.6) is 0 Å². The Kier molecular flexibility index (Phi) is 5.53. The van der Waals surface area contributed by atoms with E-state index in [4.69, 9.17) is 17.3 Å². The summed E-state index contributed by atoms with van der Waals surface area (Å²) >= 11 is 5.93. The fourth-order valence-electron chi connectivity index (χ4n) is 2.27. The highest BCUT2D eigenvalue weighted by Crippen LogP contribution is 2.25.